The number of aromatic amines is 1. The zero-order valence-electron chi connectivity index (χ0n) is 11.1. The number of aromatic nitrogens is 2. The Bertz CT molecular complexity index is 620. The molecule has 0 unspecified atom stereocenters. The molecule has 2 rings (SSSR count). The summed E-state index contributed by atoms with van der Waals surface area (Å²) in [5.41, 5.74) is 2.37. The van der Waals surface area contributed by atoms with Crippen LogP contribution in [0, 0.1) is 10.6 Å². The molecule has 1 heterocycles. The monoisotopic (exact) mass is 336 g/mol. The van der Waals surface area contributed by atoms with Crippen molar-refractivity contribution >= 4 is 28.1 Å². The smallest absolute Gasteiger partial charge is 0.130 e. The average Bonchev–Trinajstić information content (AvgIpc) is 2.30. The van der Waals surface area contributed by atoms with E-state index in [-0.39, 0.29) is 0 Å². The molecule has 0 aliphatic carbocycles. The van der Waals surface area contributed by atoms with Crippen LogP contribution in [0.25, 0.3) is 0 Å². The summed E-state index contributed by atoms with van der Waals surface area (Å²) >= 11 is 8.81. The molecule has 0 atom stereocenters. The molecule has 19 heavy (non-hydrogen) atoms. The molecule has 0 aliphatic heterocycles. The molecule has 0 fully saturated rings. The Labute approximate surface area is 127 Å². The SMILES string of the molecule is CC(C)Cc1cc(=S)nc(Cc2ccccc2Br)[nH]1. The summed E-state index contributed by atoms with van der Waals surface area (Å²) in [6.07, 6.45) is 1.76. The Morgan fingerprint density at radius 3 is 2.74 bits per heavy atom. The third-order valence-electron chi connectivity index (χ3n) is 2.79. The molecular weight excluding hydrogens is 320 g/mol. The van der Waals surface area contributed by atoms with E-state index in [0.717, 1.165) is 28.8 Å². The Morgan fingerprint density at radius 1 is 1.32 bits per heavy atom. The molecule has 0 saturated carbocycles. The van der Waals surface area contributed by atoms with E-state index in [1.54, 1.807) is 0 Å². The van der Waals surface area contributed by atoms with E-state index in [1.165, 1.54) is 5.56 Å². The second kappa shape index (κ2) is 6.44. The van der Waals surface area contributed by atoms with E-state index in [0.29, 0.717) is 10.6 Å². The third kappa shape index (κ3) is 4.25. The summed E-state index contributed by atoms with van der Waals surface area (Å²) < 4.78 is 1.77. The summed E-state index contributed by atoms with van der Waals surface area (Å²) in [5, 5.41) is 0. The van der Waals surface area contributed by atoms with Gasteiger partial charge in [-0.05, 0) is 30.0 Å². The number of H-pyrrole nitrogens is 1. The molecule has 0 amide bonds. The van der Waals surface area contributed by atoms with E-state index in [2.05, 4.69) is 45.8 Å². The fraction of sp³-hybridized carbons (Fsp3) is 0.333. The molecule has 0 saturated heterocycles. The molecule has 1 N–H and O–H groups in total. The van der Waals surface area contributed by atoms with Gasteiger partial charge < -0.3 is 4.98 Å². The standard InChI is InChI=1S/C15H17BrN2S/c1-10(2)7-12-9-15(19)18-14(17-12)8-11-5-3-4-6-13(11)16/h3-6,9-10H,7-8H2,1-2H3,(H,17,18,19). The normalized spacial score (nSPS) is 10.9. The van der Waals surface area contributed by atoms with Crippen molar-refractivity contribution in [3.05, 3.63) is 56.5 Å². The van der Waals surface area contributed by atoms with Crippen LogP contribution in [0.2, 0.25) is 0 Å². The minimum Gasteiger partial charge on any atom is -0.347 e. The molecule has 1 aromatic heterocycles. The molecule has 0 aliphatic rings. The lowest BCUT2D eigenvalue weighted by molar-refractivity contribution is 0.630. The van der Waals surface area contributed by atoms with Crippen LogP contribution in [0.1, 0.15) is 30.9 Å². The van der Waals surface area contributed by atoms with Crippen molar-refractivity contribution in [2.24, 2.45) is 5.92 Å². The maximum absolute atomic E-state index is 5.25. The number of halogens is 1. The van der Waals surface area contributed by atoms with Crippen molar-refractivity contribution in [3.63, 3.8) is 0 Å². The molecule has 1 aromatic carbocycles. The van der Waals surface area contributed by atoms with Gasteiger partial charge in [0.2, 0.25) is 0 Å². The number of rotatable bonds is 4. The molecule has 2 aromatic rings. The highest BCUT2D eigenvalue weighted by Crippen LogP contribution is 2.18. The van der Waals surface area contributed by atoms with Gasteiger partial charge in [-0.1, -0.05) is 60.2 Å². The molecule has 0 spiro atoms. The van der Waals surface area contributed by atoms with Gasteiger partial charge >= 0.3 is 0 Å². The van der Waals surface area contributed by atoms with E-state index >= 15 is 0 Å². The topological polar surface area (TPSA) is 28.7 Å². The van der Waals surface area contributed by atoms with Crippen LogP contribution in [0.5, 0.6) is 0 Å². The minimum absolute atomic E-state index is 0.601. The second-order valence-corrected chi connectivity index (χ2v) is 6.33. The van der Waals surface area contributed by atoms with Crippen LogP contribution in [-0.4, -0.2) is 9.97 Å². The first-order chi connectivity index (χ1) is 9.04. The van der Waals surface area contributed by atoms with Crippen LogP contribution in [0.3, 0.4) is 0 Å². The maximum atomic E-state index is 5.25. The largest absolute Gasteiger partial charge is 0.347 e. The number of nitrogens with zero attached hydrogens (tertiary/aromatic N) is 1. The van der Waals surface area contributed by atoms with Crippen LogP contribution >= 0.6 is 28.1 Å². The number of nitrogens with one attached hydrogen (secondary N) is 1. The van der Waals surface area contributed by atoms with Gasteiger partial charge in [-0.15, -0.1) is 0 Å². The van der Waals surface area contributed by atoms with Crippen molar-refractivity contribution < 1.29 is 0 Å². The van der Waals surface area contributed by atoms with Crippen LogP contribution in [-0.2, 0) is 12.8 Å². The summed E-state index contributed by atoms with van der Waals surface area (Å²) in [5.74, 6) is 1.53. The number of hydrogen-bond acceptors (Lipinski definition) is 2. The summed E-state index contributed by atoms with van der Waals surface area (Å²) in [4.78, 5) is 7.81. The molecular formula is C15H17BrN2S. The first-order valence-corrected chi connectivity index (χ1v) is 7.57. The zero-order valence-corrected chi connectivity index (χ0v) is 13.5. The molecule has 100 valence electrons. The lowest BCUT2D eigenvalue weighted by Crippen LogP contribution is -2.04. The zero-order chi connectivity index (χ0) is 13.8. The Morgan fingerprint density at radius 2 is 2.05 bits per heavy atom. The van der Waals surface area contributed by atoms with E-state index in [1.807, 2.05) is 24.3 Å². The molecule has 2 nitrogen and oxygen atoms in total. The van der Waals surface area contributed by atoms with Crippen molar-refractivity contribution in [2.75, 3.05) is 0 Å². The highest BCUT2D eigenvalue weighted by molar-refractivity contribution is 9.10. The highest BCUT2D eigenvalue weighted by Gasteiger charge is 2.05. The second-order valence-electron chi connectivity index (χ2n) is 5.06. The first-order valence-electron chi connectivity index (χ1n) is 6.37. The van der Waals surface area contributed by atoms with Gasteiger partial charge in [-0.3, -0.25) is 0 Å². The lowest BCUT2D eigenvalue weighted by atomic mass is 10.1. The molecule has 0 radical (unpaired) electrons. The Hall–Kier alpha value is -1.000. The van der Waals surface area contributed by atoms with Gasteiger partial charge in [0.05, 0.1) is 0 Å². The minimum atomic E-state index is 0.601. The van der Waals surface area contributed by atoms with E-state index < -0.39 is 0 Å². The van der Waals surface area contributed by atoms with Crippen molar-refractivity contribution in [1.82, 2.24) is 9.97 Å². The fourth-order valence-corrected chi connectivity index (χ4v) is 2.70. The quantitative estimate of drug-likeness (QED) is 0.820. The van der Waals surface area contributed by atoms with Crippen LogP contribution in [0.15, 0.2) is 34.8 Å². The van der Waals surface area contributed by atoms with Gasteiger partial charge in [0.1, 0.15) is 10.5 Å². The van der Waals surface area contributed by atoms with Gasteiger partial charge in [-0.25, -0.2) is 4.98 Å². The van der Waals surface area contributed by atoms with Crippen molar-refractivity contribution in [2.45, 2.75) is 26.7 Å². The van der Waals surface area contributed by atoms with Gasteiger partial charge in [0.25, 0.3) is 0 Å². The summed E-state index contributed by atoms with van der Waals surface area (Å²) in [7, 11) is 0. The van der Waals surface area contributed by atoms with E-state index in [4.69, 9.17) is 12.2 Å². The van der Waals surface area contributed by atoms with Crippen molar-refractivity contribution in [1.29, 1.82) is 0 Å². The lowest BCUT2D eigenvalue weighted by Gasteiger charge is -2.09. The number of hydrogen-bond donors (Lipinski definition) is 1. The fourth-order valence-electron chi connectivity index (χ4n) is 2.02. The average molecular weight is 337 g/mol. The number of benzene rings is 1. The van der Waals surface area contributed by atoms with E-state index in [9.17, 15) is 0 Å². The van der Waals surface area contributed by atoms with Crippen LogP contribution < -0.4 is 0 Å². The Balaban J connectivity index is 2.28. The van der Waals surface area contributed by atoms with Gasteiger partial charge in [0.15, 0.2) is 0 Å². The van der Waals surface area contributed by atoms with Crippen molar-refractivity contribution in [3.8, 4) is 0 Å². The highest BCUT2D eigenvalue weighted by atomic mass is 79.9. The van der Waals surface area contributed by atoms with Gasteiger partial charge in [-0.2, -0.15) is 0 Å². The Kier molecular flexibility index (Phi) is 4.88. The van der Waals surface area contributed by atoms with Gasteiger partial charge in [0, 0.05) is 16.6 Å². The maximum Gasteiger partial charge on any atom is 0.130 e. The predicted octanol–water partition coefficient (Wildman–Crippen LogP) is 4.69. The van der Waals surface area contributed by atoms with Crippen LogP contribution in [0.4, 0.5) is 0 Å². The molecule has 0 bridgehead atoms. The summed E-state index contributed by atoms with van der Waals surface area (Å²) in [6, 6.07) is 10.1. The summed E-state index contributed by atoms with van der Waals surface area (Å²) in [6.45, 7) is 4.40. The molecule has 4 heteroatoms. The third-order valence-corrected chi connectivity index (χ3v) is 3.77. The predicted molar refractivity (Wildman–Crippen MR) is 84.9 cm³/mol. The first kappa shape index (κ1) is 14.4.